The fraction of sp³-hybridized carbons (Fsp3) is 0.500. The molecule has 1 aliphatic carbocycles. The topological polar surface area (TPSA) is 57.6 Å². The molecule has 1 aromatic rings. The highest BCUT2D eigenvalue weighted by molar-refractivity contribution is 6.30. The average molecular weight is 310 g/mol. The third-order valence-corrected chi connectivity index (χ3v) is 4.62. The number of benzene rings is 1. The van der Waals surface area contributed by atoms with Crippen LogP contribution in [0.5, 0.6) is 0 Å². The number of halogens is 1. The van der Waals surface area contributed by atoms with Crippen molar-refractivity contribution in [3.05, 3.63) is 34.9 Å². The molecule has 114 valence electrons. The first kappa shape index (κ1) is 15.8. The van der Waals surface area contributed by atoms with E-state index in [0.717, 1.165) is 24.8 Å². The van der Waals surface area contributed by atoms with Gasteiger partial charge in [0.05, 0.1) is 6.42 Å². The van der Waals surface area contributed by atoms with Crippen LogP contribution in [-0.4, -0.2) is 34.5 Å². The predicted octanol–water partition coefficient (Wildman–Crippen LogP) is 3.13. The second-order valence-electron chi connectivity index (χ2n) is 5.65. The molecule has 1 fully saturated rings. The van der Waals surface area contributed by atoms with Crippen LogP contribution in [0.25, 0.3) is 0 Å². The van der Waals surface area contributed by atoms with E-state index in [9.17, 15) is 14.7 Å². The van der Waals surface area contributed by atoms with Gasteiger partial charge in [-0.05, 0) is 30.5 Å². The van der Waals surface area contributed by atoms with Crippen molar-refractivity contribution < 1.29 is 14.7 Å². The number of hydrogen-bond donors (Lipinski definition) is 1. The van der Waals surface area contributed by atoms with Crippen molar-refractivity contribution in [3.63, 3.8) is 0 Å². The molecule has 0 atom stereocenters. The van der Waals surface area contributed by atoms with Gasteiger partial charge in [0.1, 0.15) is 5.54 Å². The van der Waals surface area contributed by atoms with E-state index in [1.54, 1.807) is 31.3 Å². The summed E-state index contributed by atoms with van der Waals surface area (Å²) in [6.07, 6.45) is 4.00. The average Bonchev–Trinajstić information content (AvgIpc) is 2.49. The van der Waals surface area contributed by atoms with Gasteiger partial charge in [-0.3, -0.25) is 4.79 Å². The summed E-state index contributed by atoms with van der Waals surface area (Å²) in [6, 6.07) is 7.06. The van der Waals surface area contributed by atoms with Crippen molar-refractivity contribution in [3.8, 4) is 0 Å². The maximum absolute atomic E-state index is 12.4. The Bertz CT molecular complexity index is 521. The van der Waals surface area contributed by atoms with Crippen LogP contribution >= 0.6 is 11.6 Å². The van der Waals surface area contributed by atoms with Gasteiger partial charge in [-0.25, -0.2) is 4.79 Å². The number of carboxylic acid groups (broad SMARTS) is 1. The molecule has 1 saturated carbocycles. The molecule has 1 N–H and O–H groups in total. The number of rotatable bonds is 4. The zero-order valence-electron chi connectivity index (χ0n) is 12.1. The lowest BCUT2D eigenvalue weighted by molar-refractivity contribution is -0.160. The Labute approximate surface area is 129 Å². The van der Waals surface area contributed by atoms with E-state index in [-0.39, 0.29) is 12.3 Å². The van der Waals surface area contributed by atoms with Gasteiger partial charge in [0.15, 0.2) is 0 Å². The van der Waals surface area contributed by atoms with Gasteiger partial charge in [-0.2, -0.15) is 0 Å². The van der Waals surface area contributed by atoms with Crippen LogP contribution < -0.4 is 0 Å². The molecule has 0 spiro atoms. The smallest absolute Gasteiger partial charge is 0.329 e. The SMILES string of the molecule is CN(C(=O)Cc1ccc(Cl)cc1)C1(C(=O)O)CCCCC1. The van der Waals surface area contributed by atoms with Crippen LogP contribution in [0.4, 0.5) is 0 Å². The summed E-state index contributed by atoms with van der Waals surface area (Å²) in [4.78, 5) is 25.6. The third kappa shape index (κ3) is 3.38. The fourth-order valence-electron chi connectivity index (χ4n) is 2.96. The summed E-state index contributed by atoms with van der Waals surface area (Å²) in [5.74, 6) is -1.06. The normalized spacial score (nSPS) is 17.2. The highest BCUT2D eigenvalue weighted by atomic mass is 35.5. The number of amides is 1. The molecule has 21 heavy (non-hydrogen) atoms. The molecule has 0 aliphatic heterocycles. The summed E-state index contributed by atoms with van der Waals surface area (Å²) in [5, 5.41) is 10.2. The Kier molecular flexibility index (Phi) is 4.88. The quantitative estimate of drug-likeness (QED) is 0.929. The molecule has 0 unspecified atom stereocenters. The van der Waals surface area contributed by atoms with Gasteiger partial charge >= 0.3 is 5.97 Å². The fourth-order valence-corrected chi connectivity index (χ4v) is 3.09. The van der Waals surface area contributed by atoms with E-state index in [1.165, 1.54) is 4.90 Å². The summed E-state index contributed by atoms with van der Waals surface area (Å²) in [5.41, 5.74) is -0.200. The summed E-state index contributed by atoms with van der Waals surface area (Å²) in [6.45, 7) is 0. The first-order valence-corrected chi connectivity index (χ1v) is 7.58. The minimum atomic E-state index is -1.04. The minimum absolute atomic E-state index is 0.165. The van der Waals surface area contributed by atoms with Crippen LogP contribution in [0.15, 0.2) is 24.3 Å². The van der Waals surface area contributed by atoms with E-state index < -0.39 is 11.5 Å². The van der Waals surface area contributed by atoms with Crippen molar-refractivity contribution in [2.75, 3.05) is 7.05 Å². The zero-order chi connectivity index (χ0) is 15.5. The van der Waals surface area contributed by atoms with Crippen molar-refractivity contribution in [2.45, 2.75) is 44.1 Å². The number of carbonyl (C=O) groups excluding carboxylic acids is 1. The summed E-state index contributed by atoms with van der Waals surface area (Å²) < 4.78 is 0. The molecule has 4 nitrogen and oxygen atoms in total. The lowest BCUT2D eigenvalue weighted by Gasteiger charge is -2.41. The first-order chi connectivity index (χ1) is 9.95. The minimum Gasteiger partial charge on any atom is -0.479 e. The zero-order valence-corrected chi connectivity index (χ0v) is 12.9. The van der Waals surface area contributed by atoms with Crippen LogP contribution in [0, 0.1) is 0 Å². The molecule has 0 radical (unpaired) electrons. The molecule has 0 bridgehead atoms. The van der Waals surface area contributed by atoms with E-state index in [1.807, 2.05) is 0 Å². The molecule has 1 amide bonds. The van der Waals surface area contributed by atoms with Crippen molar-refractivity contribution in [2.24, 2.45) is 0 Å². The number of aliphatic carboxylic acids is 1. The van der Waals surface area contributed by atoms with Gasteiger partial charge in [0.25, 0.3) is 0 Å². The van der Waals surface area contributed by atoms with E-state index in [0.29, 0.717) is 17.9 Å². The van der Waals surface area contributed by atoms with Crippen LogP contribution in [0.2, 0.25) is 5.02 Å². The van der Waals surface area contributed by atoms with Gasteiger partial charge in [0.2, 0.25) is 5.91 Å². The molecule has 1 aromatic carbocycles. The Hall–Kier alpha value is -1.55. The van der Waals surface area contributed by atoms with E-state index in [4.69, 9.17) is 11.6 Å². The Balaban J connectivity index is 2.13. The van der Waals surface area contributed by atoms with Gasteiger partial charge < -0.3 is 10.0 Å². The maximum atomic E-state index is 12.4. The highest BCUT2D eigenvalue weighted by Gasteiger charge is 2.45. The Morgan fingerprint density at radius 2 is 1.76 bits per heavy atom. The summed E-state index contributed by atoms with van der Waals surface area (Å²) in [7, 11) is 1.61. The van der Waals surface area contributed by atoms with E-state index in [2.05, 4.69) is 0 Å². The largest absolute Gasteiger partial charge is 0.479 e. The van der Waals surface area contributed by atoms with Crippen molar-refractivity contribution >= 4 is 23.5 Å². The molecular weight excluding hydrogens is 290 g/mol. The predicted molar refractivity (Wildman–Crippen MR) is 81.4 cm³/mol. The van der Waals surface area contributed by atoms with Gasteiger partial charge in [-0.1, -0.05) is 43.0 Å². The molecule has 1 aliphatic rings. The summed E-state index contributed by atoms with van der Waals surface area (Å²) >= 11 is 5.82. The second kappa shape index (κ2) is 6.48. The number of carbonyl (C=O) groups is 2. The van der Waals surface area contributed by atoms with Gasteiger partial charge in [0, 0.05) is 12.1 Å². The van der Waals surface area contributed by atoms with Crippen LogP contribution in [0.3, 0.4) is 0 Å². The van der Waals surface area contributed by atoms with Crippen molar-refractivity contribution in [1.29, 1.82) is 0 Å². The molecule has 0 saturated heterocycles. The lowest BCUT2D eigenvalue weighted by Crippen LogP contribution is -2.56. The Morgan fingerprint density at radius 1 is 1.19 bits per heavy atom. The molecule has 2 rings (SSSR count). The monoisotopic (exact) mass is 309 g/mol. The maximum Gasteiger partial charge on any atom is 0.329 e. The molecule has 5 heteroatoms. The first-order valence-electron chi connectivity index (χ1n) is 7.20. The molecule has 0 aromatic heterocycles. The second-order valence-corrected chi connectivity index (χ2v) is 6.09. The van der Waals surface area contributed by atoms with Crippen LogP contribution in [0.1, 0.15) is 37.7 Å². The molecular formula is C16H20ClNO3. The lowest BCUT2D eigenvalue weighted by atomic mass is 9.80. The van der Waals surface area contributed by atoms with Crippen LogP contribution in [-0.2, 0) is 16.0 Å². The standard InChI is InChI=1S/C16H20ClNO3/c1-18(16(15(20)21)9-3-2-4-10-16)14(19)11-12-5-7-13(17)8-6-12/h5-8H,2-4,9-11H2,1H3,(H,20,21). The number of carboxylic acids is 1. The Morgan fingerprint density at radius 3 is 2.29 bits per heavy atom. The third-order valence-electron chi connectivity index (χ3n) is 4.36. The molecule has 0 heterocycles. The van der Waals surface area contributed by atoms with Crippen molar-refractivity contribution in [1.82, 2.24) is 4.90 Å². The highest BCUT2D eigenvalue weighted by Crippen LogP contribution is 2.33. The number of nitrogens with zero attached hydrogens (tertiary/aromatic N) is 1. The number of likely N-dealkylation sites (N-methyl/N-ethyl adjacent to an activating group) is 1. The number of hydrogen-bond acceptors (Lipinski definition) is 2. The van der Waals surface area contributed by atoms with E-state index >= 15 is 0 Å². The van der Waals surface area contributed by atoms with Gasteiger partial charge in [-0.15, -0.1) is 0 Å².